The summed E-state index contributed by atoms with van der Waals surface area (Å²) in [6.45, 7) is 6.91. The minimum Gasteiger partial charge on any atom is -0.496 e. The van der Waals surface area contributed by atoms with Crippen LogP contribution in [0.3, 0.4) is 0 Å². The summed E-state index contributed by atoms with van der Waals surface area (Å²) >= 11 is 0. The lowest BCUT2D eigenvalue weighted by molar-refractivity contribution is -0.118. The lowest BCUT2D eigenvalue weighted by Crippen LogP contribution is -2.51. The Morgan fingerprint density at radius 3 is 2.56 bits per heavy atom. The van der Waals surface area contributed by atoms with Crippen molar-refractivity contribution in [2.45, 2.75) is 77.1 Å². The summed E-state index contributed by atoms with van der Waals surface area (Å²) in [5, 5.41) is 3.72. The van der Waals surface area contributed by atoms with E-state index >= 15 is 0 Å². The van der Waals surface area contributed by atoms with Crippen molar-refractivity contribution in [2.24, 2.45) is 0 Å². The van der Waals surface area contributed by atoms with Gasteiger partial charge in [0.2, 0.25) is 5.91 Å². The molecule has 0 saturated carbocycles. The number of aryl methyl sites for hydroxylation is 1. The van der Waals surface area contributed by atoms with E-state index < -0.39 is 5.60 Å². The Morgan fingerprint density at radius 2 is 1.86 bits per heavy atom. The maximum atomic E-state index is 13.2. The van der Waals surface area contributed by atoms with Crippen molar-refractivity contribution in [2.75, 3.05) is 25.6 Å². The van der Waals surface area contributed by atoms with Crippen molar-refractivity contribution in [3.8, 4) is 5.75 Å². The Kier molecular flexibility index (Phi) is 7.88. The van der Waals surface area contributed by atoms with Gasteiger partial charge in [-0.15, -0.1) is 0 Å². The van der Waals surface area contributed by atoms with Crippen LogP contribution in [0.2, 0.25) is 0 Å². The van der Waals surface area contributed by atoms with Crippen LogP contribution in [-0.4, -0.2) is 49.2 Å². The van der Waals surface area contributed by atoms with Gasteiger partial charge >= 0.3 is 6.09 Å². The number of fused-ring (bicyclic) bond motifs is 1. The van der Waals surface area contributed by atoms with E-state index in [-0.39, 0.29) is 24.1 Å². The third-order valence-electron chi connectivity index (χ3n) is 7.01. The van der Waals surface area contributed by atoms with E-state index in [0.717, 1.165) is 53.8 Å². The van der Waals surface area contributed by atoms with E-state index in [0.29, 0.717) is 19.5 Å². The second kappa shape index (κ2) is 10.9. The first-order valence-electron chi connectivity index (χ1n) is 12.9. The summed E-state index contributed by atoms with van der Waals surface area (Å²) < 4.78 is 11.5. The molecule has 2 heterocycles. The zero-order valence-electron chi connectivity index (χ0n) is 22.2. The van der Waals surface area contributed by atoms with E-state index in [1.807, 2.05) is 50.9 Å². The summed E-state index contributed by atoms with van der Waals surface area (Å²) in [6, 6.07) is 14.2. The molecule has 0 aromatic heterocycles. The zero-order valence-corrected chi connectivity index (χ0v) is 22.2. The number of hydrogen-bond donors (Lipinski definition) is 1. The van der Waals surface area contributed by atoms with Crippen LogP contribution in [0, 0.1) is 0 Å². The number of rotatable bonds is 5. The fourth-order valence-electron chi connectivity index (χ4n) is 5.26. The van der Waals surface area contributed by atoms with Crippen molar-refractivity contribution in [3.63, 3.8) is 0 Å². The Balaban J connectivity index is 1.61. The standard InChI is InChI=1S/C29H39N3O4/c1-29(2,3)36-28(34)32-16-10-14-23(27(32)20-11-7-6-8-12-20)30-19-22-17-24-21(18-25(22)35-5)13-9-15-26(33)31(24)4/h6-8,11-12,17-18,23,27,30H,9-10,13-16,19H2,1-5H3/t23-,27-/m0/s1. The van der Waals surface area contributed by atoms with E-state index in [1.165, 1.54) is 0 Å². The molecular weight excluding hydrogens is 454 g/mol. The average Bonchev–Trinajstić information content (AvgIpc) is 2.99. The molecule has 0 aliphatic carbocycles. The summed E-state index contributed by atoms with van der Waals surface area (Å²) in [7, 11) is 3.54. The number of carbonyl (C=O) groups is 2. The molecule has 194 valence electrons. The van der Waals surface area contributed by atoms with E-state index in [4.69, 9.17) is 9.47 Å². The molecular formula is C29H39N3O4. The quantitative estimate of drug-likeness (QED) is 0.618. The SMILES string of the molecule is COc1cc2c(cc1CN[C@H]1CCCN(C(=O)OC(C)(C)C)[C@H]1c1ccccc1)N(C)C(=O)CCC2. The Labute approximate surface area is 214 Å². The maximum Gasteiger partial charge on any atom is 0.410 e. The van der Waals surface area contributed by atoms with Crippen LogP contribution in [0.1, 0.15) is 69.2 Å². The third-order valence-corrected chi connectivity index (χ3v) is 7.01. The third kappa shape index (κ3) is 5.84. The van der Waals surface area contributed by atoms with Gasteiger partial charge in [-0.2, -0.15) is 0 Å². The van der Waals surface area contributed by atoms with Gasteiger partial charge in [0.25, 0.3) is 0 Å². The molecule has 2 amide bonds. The molecule has 2 aromatic rings. The largest absolute Gasteiger partial charge is 0.496 e. The van der Waals surface area contributed by atoms with Gasteiger partial charge in [-0.25, -0.2) is 4.79 Å². The molecule has 1 N–H and O–H groups in total. The van der Waals surface area contributed by atoms with E-state index in [9.17, 15) is 9.59 Å². The topological polar surface area (TPSA) is 71.1 Å². The fraction of sp³-hybridized carbons (Fsp3) is 0.517. The first kappa shape index (κ1) is 26.0. The predicted molar refractivity (Wildman–Crippen MR) is 141 cm³/mol. The molecule has 2 aliphatic heterocycles. The maximum absolute atomic E-state index is 13.2. The number of ether oxygens (including phenoxy) is 2. The number of piperidine rings is 1. The first-order chi connectivity index (χ1) is 17.2. The van der Waals surface area contributed by atoms with Crippen LogP contribution in [0.4, 0.5) is 10.5 Å². The summed E-state index contributed by atoms with van der Waals surface area (Å²) in [5.74, 6) is 0.960. The highest BCUT2D eigenvalue weighted by Gasteiger charge is 2.37. The number of nitrogens with one attached hydrogen (secondary N) is 1. The first-order valence-corrected chi connectivity index (χ1v) is 12.9. The smallest absolute Gasteiger partial charge is 0.410 e. The highest BCUT2D eigenvalue weighted by molar-refractivity contribution is 5.94. The van der Waals surface area contributed by atoms with Crippen LogP contribution in [-0.2, 0) is 22.5 Å². The van der Waals surface area contributed by atoms with Crippen LogP contribution >= 0.6 is 0 Å². The highest BCUT2D eigenvalue weighted by atomic mass is 16.6. The van der Waals surface area contributed by atoms with Crippen LogP contribution < -0.4 is 15.0 Å². The summed E-state index contributed by atoms with van der Waals surface area (Å²) in [5.41, 5.74) is 3.62. The molecule has 4 rings (SSSR count). The molecule has 36 heavy (non-hydrogen) atoms. The van der Waals surface area contributed by atoms with Crippen LogP contribution in [0.15, 0.2) is 42.5 Å². The predicted octanol–water partition coefficient (Wildman–Crippen LogP) is 5.22. The minimum absolute atomic E-state index is 0.0385. The van der Waals surface area contributed by atoms with Gasteiger partial charge in [0.15, 0.2) is 0 Å². The fourth-order valence-corrected chi connectivity index (χ4v) is 5.26. The van der Waals surface area contributed by atoms with E-state index in [1.54, 1.807) is 12.0 Å². The second-order valence-corrected chi connectivity index (χ2v) is 10.8. The van der Waals surface area contributed by atoms with Gasteiger partial charge in [0.05, 0.1) is 13.2 Å². The van der Waals surface area contributed by atoms with Crippen molar-refractivity contribution >= 4 is 17.7 Å². The Hall–Kier alpha value is -3.06. The van der Waals surface area contributed by atoms with Crippen LogP contribution in [0.25, 0.3) is 0 Å². The number of carbonyl (C=O) groups excluding carboxylic acids is 2. The van der Waals surface area contributed by atoms with Crippen molar-refractivity contribution < 1.29 is 19.1 Å². The zero-order chi connectivity index (χ0) is 25.9. The monoisotopic (exact) mass is 493 g/mol. The molecule has 7 heteroatoms. The minimum atomic E-state index is -0.558. The van der Waals surface area contributed by atoms with Crippen molar-refractivity contribution in [1.82, 2.24) is 10.2 Å². The molecule has 0 bridgehead atoms. The molecule has 0 radical (unpaired) electrons. The summed E-state index contributed by atoms with van der Waals surface area (Å²) in [4.78, 5) is 29.3. The van der Waals surface area contributed by atoms with Crippen molar-refractivity contribution in [3.05, 3.63) is 59.2 Å². The van der Waals surface area contributed by atoms with E-state index in [2.05, 4.69) is 29.6 Å². The van der Waals surface area contributed by atoms with Crippen molar-refractivity contribution in [1.29, 1.82) is 0 Å². The molecule has 1 fully saturated rings. The molecule has 2 atom stereocenters. The number of amides is 2. The normalized spacial score (nSPS) is 20.5. The number of anilines is 1. The number of hydrogen-bond acceptors (Lipinski definition) is 5. The van der Waals surface area contributed by atoms with Gasteiger partial charge in [-0.05, 0) is 69.7 Å². The molecule has 0 spiro atoms. The lowest BCUT2D eigenvalue weighted by atomic mass is 9.90. The van der Waals surface area contributed by atoms with Gasteiger partial charge in [-0.1, -0.05) is 30.3 Å². The Bertz CT molecular complexity index is 1080. The van der Waals surface area contributed by atoms with Gasteiger partial charge in [0.1, 0.15) is 11.4 Å². The van der Waals surface area contributed by atoms with Gasteiger partial charge in [-0.3, -0.25) is 9.69 Å². The average molecular weight is 494 g/mol. The number of benzene rings is 2. The van der Waals surface area contributed by atoms with Crippen LogP contribution in [0.5, 0.6) is 5.75 Å². The number of nitrogens with zero attached hydrogens (tertiary/aromatic N) is 2. The number of likely N-dealkylation sites (tertiary alicyclic amines) is 1. The highest BCUT2D eigenvalue weighted by Crippen LogP contribution is 2.35. The molecule has 1 saturated heterocycles. The molecule has 2 aliphatic rings. The summed E-state index contributed by atoms with van der Waals surface area (Å²) in [6.07, 6.45) is 3.80. The second-order valence-electron chi connectivity index (χ2n) is 10.8. The lowest BCUT2D eigenvalue weighted by Gasteiger charge is -2.42. The molecule has 2 aromatic carbocycles. The van der Waals surface area contributed by atoms with Gasteiger partial charge in [0, 0.05) is 43.9 Å². The molecule has 0 unspecified atom stereocenters. The Morgan fingerprint density at radius 1 is 1.11 bits per heavy atom. The number of methoxy groups -OCH3 is 1. The van der Waals surface area contributed by atoms with Gasteiger partial charge < -0.3 is 19.7 Å². The molecule has 7 nitrogen and oxygen atoms in total.